The number of methoxy groups -OCH3 is 2. The molecule has 0 bridgehead atoms. The van der Waals surface area contributed by atoms with Crippen molar-refractivity contribution in [1.29, 1.82) is 0 Å². The first-order chi connectivity index (χ1) is 11.0. The fourth-order valence-electron chi connectivity index (χ4n) is 1.87. The first-order valence-corrected chi connectivity index (χ1v) is 7.33. The second kappa shape index (κ2) is 7.19. The van der Waals surface area contributed by atoms with Gasteiger partial charge in [0, 0.05) is 5.56 Å². The summed E-state index contributed by atoms with van der Waals surface area (Å²) in [5.41, 5.74) is 5.26. The Morgan fingerprint density at radius 2 is 1.65 bits per heavy atom. The third kappa shape index (κ3) is 3.65. The van der Waals surface area contributed by atoms with Crippen LogP contribution in [-0.2, 0) is 0 Å². The van der Waals surface area contributed by atoms with E-state index >= 15 is 0 Å². The second-order valence-corrected chi connectivity index (χ2v) is 5.29. The van der Waals surface area contributed by atoms with Gasteiger partial charge in [0.2, 0.25) is 0 Å². The van der Waals surface area contributed by atoms with Crippen molar-refractivity contribution in [3.05, 3.63) is 45.8 Å². The van der Waals surface area contributed by atoms with Crippen molar-refractivity contribution < 1.29 is 23.5 Å². The molecule has 0 aliphatic heterocycles. The first kappa shape index (κ1) is 16.9. The summed E-state index contributed by atoms with van der Waals surface area (Å²) < 4.78 is 16.0. The lowest BCUT2D eigenvalue weighted by atomic mass is 10.2. The summed E-state index contributed by atoms with van der Waals surface area (Å²) in [5, 5.41) is 0. The lowest BCUT2D eigenvalue weighted by Gasteiger charge is -2.12. The molecule has 1 aromatic carbocycles. The van der Waals surface area contributed by atoms with Gasteiger partial charge in [0.15, 0.2) is 0 Å². The number of hydrogen-bond donors (Lipinski definition) is 2. The van der Waals surface area contributed by atoms with Crippen LogP contribution in [-0.4, -0.2) is 26.0 Å². The SMILES string of the molecule is COc1cc(C(=O)NNC(=O)c2ccoc2C)cc(OC)c1Br. The number of hydrogen-bond acceptors (Lipinski definition) is 5. The van der Waals surface area contributed by atoms with Crippen LogP contribution in [0.4, 0.5) is 0 Å². The number of carbonyl (C=O) groups excluding carboxylic acids is 2. The topological polar surface area (TPSA) is 89.8 Å². The molecule has 2 amide bonds. The Morgan fingerprint density at radius 3 is 2.13 bits per heavy atom. The monoisotopic (exact) mass is 382 g/mol. The van der Waals surface area contributed by atoms with E-state index in [1.807, 2.05) is 0 Å². The number of furan rings is 1. The van der Waals surface area contributed by atoms with E-state index in [9.17, 15) is 9.59 Å². The summed E-state index contributed by atoms with van der Waals surface area (Å²) in [7, 11) is 2.95. The molecule has 8 heteroatoms. The number of halogens is 1. The van der Waals surface area contributed by atoms with E-state index in [-0.39, 0.29) is 5.56 Å². The van der Waals surface area contributed by atoms with Crippen LogP contribution in [0.2, 0.25) is 0 Å². The van der Waals surface area contributed by atoms with E-state index in [2.05, 4.69) is 26.8 Å². The molecule has 0 fully saturated rings. The largest absolute Gasteiger partial charge is 0.495 e. The van der Waals surface area contributed by atoms with Crippen molar-refractivity contribution in [1.82, 2.24) is 10.9 Å². The van der Waals surface area contributed by atoms with Gasteiger partial charge in [-0.1, -0.05) is 0 Å². The predicted molar refractivity (Wildman–Crippen MR) is 85.6 cm³/mol. The Morgan fingerprint density at radius 1 is 1.09 bits per heavy atom. The smallest absolute Gasteiger partial charge is 0.273 e. The predicted octanol–water partition coefficient (Wildman–Crippen LogP) is 2.44. The van der Waals surface area contributed by atoms with E-state index < -0.39 is 11.8 Å². The molecule has 2 rings (SSSR count). The maximum Gasteiger partial charge on any atom is 0.273 e. The van der Waals surface area contributed by atoms with Crippen LogP contribution in [0.1, 0.15) is 26.5 Å². The molecular formula is C15H15BrN2O5. The number of benzene rings is 1. The summed E-state index contributed by atoms with van der Waals surface area (Å²) in [6, 6.07) is 4.57. The molecule has 0 spiro atoms. The molecule has 0 atom stereocenters. The number of carbonyl (C=O) groups is 2. The summed E-state index contributed by atoms with van der Waals surface area (Å²) in [5.74, 6) is 0.353. The first-order valence-electron chi connectivity index (χ1n) is 6.54. The number of amides is 2. The Bertz CT molecular complexity index is 716. The van der Waals surface area contributed by atoms with Crippen molar-refractivity contribution >= 4 is 27.7 Å². The molecule has 23 heavy (non-hydrogen) atoms. The molecule has 1 aromatic heterocycles. The van der Waals surface area contributed by atoms with Gasteiger partial charge in [0.05, 0.1) is 26.0 Å². The number of aryl methyl sites for hydroxylation is 1. The molecule has 0 saturated heterocycles. The van der Waals surface area contributed by atoms with Crippen molar-refractivity contribution in [2.24, 2.45) is 0 Å². The van der Waals surface area contributed by atoms with Crippen LogP contribution >= 0.6 is 15.9 Å². The zero-order valence-corrected chi connectivity index (χ0v) is 14.3. The van der Waals surface area contributed by atoms with Gasteiger partial charge in [0.1, 0.15) is 21.7 Å². The average Bonchev–Trinajstić information content (AvgIpc) is 2.98. The van der Waals surface area contributed by atoms with Crippen LogP contribution in [0.15, 0.2) is 33.4 Å². The minimum absolute atomic E-state index is 0.270. The van der Waals surface area contributed by atoms with E-state index in [0.29, 0.717) is 27.3 Å². The standard InChI is InChI=1S/C15H15BrN2O5/c1-8-10(4-5-23-8)15(20)18-17-14(19)9-6-11(21-2)13(16)12(7-9)22-3/h4-7H,1-3H3,(H,17,19)(H,18,20). The summed E-state index contributed by atoms with van der Waals surface area (Å²) in [6.45, 7) is 1.65. The maximum atomic E-state index is 12.2. The number of nitrogens with one attached hydrogen (secondary N) is 2. The van der Waals surface area contributed by atoms with Gasteiger partial charge >= 0.3 is 0 Å². The Labute approximate surface area is 141 Å². The molecule has 0 radical (unpaired) electrons. The molecule has 2 N–H and O–H groups in total. The maximum absolute atomic E-state index is 12.2. The molecule has 0 saturated carbocycles. The van der Waals surface area contributed by atoms with E-state index in [4.69, 9.17) is 13.9 Å². The van der Waals surface area contributed by atoms with Crippen LogP contribution in [0.3, 0.4) is 0 Å². The van der Waals surface area contributed by atoms with E-state index in [1.165, 1.54) is 38.7 Å². The van der Waals surface area contributed by atoms with Crippen LogP contribution in [0.25, 0.3) is 0 Å². The highest BCUT2D eigenvalue weighted by atomic mass is 79.9. The minimum Gasteiger partial charge on any atom is -0.495 e. The van der Waals surface area contributed by atoms with Crippen LogP contribution < -0.4 is 20.3 Å². The van der Waals surface area contributed by atoms with Crippen molar-refractivity contribution in [2.45, 2.75) is 6.92 Å². The van der Waals surface area contributed by atoms with Gasteiger partial charge in [-0.2, -0.15) is 0 Å². The fraction of sp³-hybridized carbons (Fsp3) is 0.200. The molecule has 0 aliphatic carbocycles. The number of ether oxygens (including phenoxy) is 2. The van der Waals surface area contributed by atoms with Gasteiger partial charge in [0.25, 0.3) is 11.8 Å². The second-order valence-electron chi connectivity index (χ2n) is 4.49. The van der Waals surface area contributed by atoms with Gasteiger partial charge in [-0.05, 0) is 41.1 Å². The van der Waals surface area contributed by atoms with Crippen molar-refractivity contribution in [3.8, 4) is 11.5 Å². The third-order valence-corrected chi connectivity index (χ3v) is 3.88. The number of hydrazine groups is 1. The zero-order chi connectivity index (χ0) is 17.0. The molecule has 0 aliphatic rings. The third-order valence-electron chi connectivity index (χ3n) is 3.10. The zero-order valence-electron chi connectivity index (χ0n) is 12.7. The van der Waals surface area contributed by atoms with E-state index in [1.54, 1.807) is 6.92 Å². The Kier molecular flexibility index (Phi) is 5.28. The lowest BCUT2D eigenvalue weighted by Crippen LogP contribution is -2.41. The Hall–Kier alpha value is -2.48. The summed E-state index contributed by atoms with van der Waals surface area (Å²) in [4.78, 5) is 24.1. The quantitative estimate of drug-likeness (QED) is 0.792. The van der Waals surface area contributed by atoms with Crippen molar-refractivity contribution in [2.75, 3.05) is 14.2 Å². The van der Waals surface area contributed by atoms with Crippen LogP contribution in [0.5, 0.6) is 11.5 Å². The van der Waals surface area contributed by atoms with Gasteiger partial charge in [-0.15, -0.1) is 0 Å². The van der Waals surface area contributed by atoms with Crippen molar-refractivity contribution in [3.63, 3.8) is 0 Å². The highest BCUT2D eigenvalue weighted by Gasteiger charge is 2.16. The normalized spacial score (nSPS) is 10.1. The van der Waals surface area contributed by atoms with Gasteiger partial charge < -0.3 is 13.9 Å². The molecule has 7 nitrogen and oxygen atoms in total. The summed E-state index contributed by atoms with van der Waals surface area (Å²) >= 11 is 3.32. The summed E-state index contributed by atoms with van der Waals surface area (Å²) in [6.07, 6.45) is 1.40. The lowest BCUT2D eigenvalue weighted by molar-refractivity contribution is 0.0845. The highest BCUT2D eigenvalue weighted by molar-refractivity contribution is 9.10. The van der Waals surface area contributed by atoms with Gasteiger partial charge in [-0.25, -0.2) is 0 Å². The Balaban J connectivity index is 2.12. The van der Waals surface area contributed by atoms with E-state index in [0.717, 1.165) is 0 Å². The molecule has 1 heterocycles. The molecule has 0 unspecified atom stereocenters. The minimum atomic E-state index is -0.511. The van der Waals surface area contributed by atoms with Crippen LogP contribution in [0, 0.1) is 6.92 Å². The highest BCUT2D eigenvalue weighted by Crippen LogP contribution is 2.35. The average molecular weight is 383 g/mol. The fourth-order valence-corrected chi connectivity index (χ4v) is 2.43. The molecule has 2 aromatic rings. The number of rotatable bonds is 4. The molecular weight excluding hydrogens is 368 g/mol. The van der Waals surface area contributed by atoms with Gasteiger partial charge in [-0.3, -0.25) is 20.4 Å². The molecule has 122 valence electrons.